The van der Waals surface area contributed by atoms with Crippen LogP contribution in [0.15, 0.2) is 71.1 Å². The zero-order valence-corrected chi connectivity index (χ0v) is 17.3. The van der Waals surface area contributed by atoms with Crippen LogP contribution in [0.25, 0.3) is 11.3 Å². The molecule has 1 N–H and O–H groups in total. The predicted molar refractivity (Wildman–Crippen MR) is 115 cm³/mol. The Labute approximate surface area is 181 Å². The summed E-state index contributed by atoms with van der Waals surface area (Å²) < 4.78 is 43.0. The van der Waals surface area contributed by atoms with Crippen molar-refractivity contribution in [1.82, 2.24) is 4.98 Å². The molecule has 2 heterocycles. The van der Waals surface area contributed by atoms with Crippen molar-refractivity contribution in [3.05, 3.63) is 71.6 Å². The molecule has 31 heavy (non-hydrogen) atoms. The summed E-state index contributed by atoms with van der Waals surface area (Å²) in [5.41, 5.74) is -0.369. The Morgan fingerprint density at radius 1 is 1.03 bits per heavy atom. The minimum absolute atomic E-state index is 0.0387. The molecule has 1 aromatic heterocycles. The van der Waals surface area contributed by atoms with Crippen molar-refractivity contribution >= 4 is 22.2 Å². The Hall–Kier alpha value is -2.71. The van der Waals surface area contributed by atoms with Crippen LogP contribution in [0.5, 0.6) is 0 Å². The van der Waals surface area contributed by atoms with Gasteiger partial charge in [0.05, 0.1) is 11.6 Å². The van der Waals surface area contributed by atoms with Gasteiger partial charge in [0.25, 0.3) is 5.72 Å². The quantitative estimate of drug-likeness (QED) is 0.555. The highest BCUT2D eigenvalue weighted by Gasteiger charge is 2.68. The monoisotopic (exact) mass is 443 g/mol. The Morgan fingerprint density at radius 3 is 2.39 bits per heavy atom. The largest absolute Gasteiger partial charge is 0.439 e. The molecule has 0 amide bonds. The van der Waals surface area contributed by atoms with E-state index in [1.165, 1.54) is 0 Å². The molecule has 160 valence electrons. The third-order valence-electron chi connectivity index (χ3n) is 6.14. The highest BCUT2D eigenvalue weighted by Crippen LogP contribution is 2.52. The summed E-state index contributed by atoms with van der Waals surface area (Å²) in [6.45, 7) is 0. The number of benzene rings is 2. The van der Waals surface area contributed by atoms with E-state index in [0.29, 0.717) is 29.3 Å². The van der Waals surface area contributed by atoms with E-state index in [4.69, 9.17) is 0 Å². The molecule has 1 aliphatic heterocycles. The normalized spacial score (nSPS) is 25.9. The van der Waals surface area contributed by atoms with Crippen LogP contribution in [0.3, 0.4) is 0 Å². The summed E-state index contributed by atoms with van der Waals surface area (Å²) in [6.07, 6.45) is -3.59. The van der Waals surface area contributed by atoms with E-state index in [1.54, 1.807) is 5.38 Å². The number of aromatic nitrogens is 1. The third-order valence-corrected chi connectivity index (χ3v) is 6.96. The van der Waals surface area contributed by atoms with Gasteiger partial charge >= 0.3 is 6.18 Å². The zero-order chi connectivity index (χ0) is 21.6. The molecule has 5 rings (SSSR count). The SMILES string of the molecule is O[C@]1(C(F)(F)F)[C@@H]2C[C@H](c3ccccc3)CCC2=NN1c1nc(-c2ccccc2)cs1. The summed E-state index contributed by atoms with van der Waals surface area (Å²) in [5, 5.41) is 17.8. The number of thiazole rings is 1. The predicted octanol–water partition coefficient (Wildman–Crippen LogP) is 5.82. The number of hydrogen-bond donors (Lipinski definition) is 1. The van der Waals surface area contributed by atoms with E-state index in [-0.39, 0.29) is 17.5 Å². The molecule has 1 saturated carbocycles. The van der Waals surface area contributed by atoms with Crippen LogP contribution in [-0.2, 0) is 0 Å². The van der Waals surface area contributed by atoms with Crippen LogP contribution in [0.4, 0.5) is 18.3 Å². The second-order valence-corrected chi connectivity index (χ2v) is 8.78. The van der Waals surface area contributed by atoms with Crippen molar-refractivity contribution < 1.29 is 18.3 Å². The van der Waals surface area contributed by atoms with E-state index < -0.39 is 17.8 Å². The van der Waals surface area contributed by atoms with Gasteiger partial charge in [-0.1, -0.05) is 60.7 Å². The lowest BCUT2D eigenvalue weighted by atomic mass is 9.73. The van der Waals surface area contributed by atoms with E-state index >= 15 is 0 Å². The number of halogens is 3. The minimum atomic E-state index is -4.89. The molecule has 4 nitrogen and oxygen atoms in total. The van der Waals surface area contributed by atoms with Gasteiger partial charge in [0.2, 0.25) is 5.13 Å². The number of fused-ring (bicyclic) bond motifs is 1. The average Bonchev–Trinajstić information content (AvgIpc) is 3.38. The second kappa shape index (κ2) is 7.46. The molecule has 3 atom stereocenters. The summed E-state index contributed by atoms with van der Waals surface area (Å²) in [6, 6.07) is 18.7. The molecule has 0 saturated heterocycles. The standard InChI is InChI=1S/C23H20F3N3OS/c24-23(25,26)22(30)18-13-17(15-7-3-1-4-8-15)11-12-19(18)28-29(22)21-27-20(14-31-21)16-9-5-2-6-10-16/h1-10,14,17-18,30H,11-13H2/t17-,18-,22+/m1/s1. The number of aliphatic hydroxyl groups is 1. The van der Waals surface area contributed by atoms with Gasteiger partial charge in [0.15, 0.2) is 0 Å². The molecule has 1 fully saturated rings. The summed E-state index contributed by atoms with van der Waals surface area (Å²) in [7, 11) is 0. The van der Waals surface area contributed by atoms with Crippen LogP contribution >= 0.6 is 11.3 Å². The summed E-state index contributed by atoms with van der Waals surface area (Å²) >= 11 is 1.05. The van der Waals surface area contributed by atoms with Crippen LogP contribution < -0.4 is 5.01 Å². The van der Waals surface area contributed by atoms with Crippen molar-refractivity contribution in [2.45, 2.75) is 37.1 Å². The van der Waals surface area contributed by atoms with Gasteiger partial charge in [-0.15, -0.1) is 11.3 Å². The van der Waals surface area contributed by atoms with Crippen LogP contribution in [0.1, 0.15) is 30.7 Å². The lowest BCUT2D eigenvalue weighted by molar-refractivity contribution is -0.269. The highest BCUT2D eigenvalue weighted by molar-refractivity contribution is 7.14. The average molecular weight is 443 g/mol. The van der Waals surface area contributed by atoms with E-state index in [2.05, 4.69) is 10.1 Å². The van der Waals surface area contributed by atoms with E-state index in [9.17, 15) is 18.3 Å². The summed E-state index contributed by atoms with van der Waals surface area (Å²) in [4.78, 5) is 4.38. The smallest absolute Gasteiger partial charge is 0.362 e. The van der Waals surface area contributed by atoms with Gasteiger partial charge in [0.1, 0.15) is 0 Å². The Kier molecular flexibility index (Phi) is 4.86. The third kappa shape index (κ3) is 3.34. The summed E-state index contributed by atoms with van der Waals surface area (Å²) in [5.74, 6) is -1.19. The molecule has 0 unspecified atom stereocenters. The van der Waals surface area contributed by atoms with Crippen molar-refractivity contribution in [2.75, 3.05) is 5.01 Å². The Morgan fingerprint density at radius 2 is 1.71 bits per heavy atom. The van der Waals surface area contributed by atoms with Crippen LogP contribution in [-0.4, -0.2) is 27.7 Å². The first-order chi connectivity index (χ1) is 14.9. The molecule has 8 heteroatoms. The molecular weight excluding hydrogens is 423 g/mol. The maximum Gasteiger partial charge on any atom is 0.439 e. The van der Waals surface area contributed by atoms with Crippen molar-refractivity contribution in [2.24, 2.45) is 11.0 Å². The van der Waals surface area contributed by atoms with Gasteiger partial charge < -0.3 is 5.11 Å². The molecule has 0 spiro atoms. The molecule has 0 radical (unpaired) electrons. The van der Waals surface area contributed by atoms with Crippen LogP contribution in [0.2, 0.25) is 0 Å². The van der Waals surface area contributed by atoms with Gasteiger partial charge in [-0.05, 0) is 30.7 Å². The fourth-order valence-corrected chi connectivity index (χ4v) is 5.38. The molecule has 2 aromatic carbocycles. The Bertz CT molecular complexity index is 1100. The van der Waals surface area contributed by atoms with Gasteiger partial charge in [-0.3, -0.25) is 0 Å². The van der Waals surface area contributed by atoms with E-state index in [1.807, 2.05) is 60.7 Å². The van der Waals surface area contributed by atoms with Crippen molar-refractivity contribution in [3.8, 4) is 11.3 Å². The maximum absolute atomic E-state index is 14.3. The fourth-order valence-electron chi connectivity index (χ4n) is 4.54. The number of nitrogens with zero attached hydrogens (tertiary/aromatic N) is 3. The topological polar surface area (TPSA) is 48.7 Å². The fraction of sp³-hybridized carbons (Fsp3) is 0.304. The van der Waals surface area contributed by atoms with Gasteiger partial charge in [-0.25, -0.2) is 4.98 Å². The number of hydrogen-bond acceptors (Lipinski definition) is 5. The Balaban J connectivity index is 1.51. The first kappa shape index (κ1) is 20.2. The molecule has 3 aromatic rings. The first-order valence-electron chi connectivity index (χ1n) is 10.1. The first-order valence-corrected chi connectivity index (χ1v) is 11.0. The minimum Gasteiger partial charge on any atom is -0.362 e. The lowest BCUT2D eigenvalue weighted by Gasteiger charge is -2.39. The number of alkyl halides is 3. The molecule has 2 aliphatic rings. The second-order valence-electron chi connectivity index (χ2n) is 7.94. The van der Waals surface area contributed by atoms with Gasteiger partial charge in [0, 0.05) is 16.7 Å². The van der Waals surface area contributed by atoms with Crippen molar-refractivity contribution in [3.63, 3.8) is 0 Å². The maximum atomic E-state index is 14.3. The van der Waals surface area contributed by atoms with Crippen LogP contribution in [0, 0.1) is 5.92 Å². The number of rotatable bonds is 3. The van der Waals surface area contributed by atoms with Crippen molar-refractivity contribution in [1.29, 1.82) is 0 Å². The molecular formula is C23H20F3N3OS. The molecule has 1 aliphatic carbocycles. The number of anilines is 1. The molecule has 0 bridgehead atoms. The zero-order valence-electron chi connectivity index (χ0n) is 16.5. The highest BCUT2D eigenvalue weighted by atomic mass is 32.1. The van der Waals surface area contributed by atoms with Gasteiger partial charge in [-0.2, -0.15) is 23.3 Å². The van der Waals surface area contributed by atoms with E-state index in [0.717, 1.165) is 22.5 Å². The lowest BCUT2D eigenvalue weighted by Crippen LogP contribution is -2.60. The number of hydrazone groups is 1.